The second-order valence-electron chi connectivity index (χ2n) is 8.28. The summed E-state index contributed by atoms with van der Waals surface area (Å²) in [5.41, 5.74) is 26.5. The predicted octanol–water partition coefficient (Wildman–Crippen LogP) is -5.18. The van der Waals surface area contributed by atoms with Gasteiger partial charge in [-0.3, -0.25) is 29.2 Å². The lowest BCUT2D eigenvalue weighted by Gasteiger charge is -2.25. The Labute approximate surface area is 218 Å². The van der Waals surface area contributed by atoms with Gasteiger partial charge in [-0.25, -0.2) is 4.79 Å². The van der Waals surface area contributed by atoms with E-state index in [9.17, 15) is 39.3 Å². The van der Waals surface area contributed by atoms with Gasteiger partial charge in [0.1, 0.15) is 24.2 Å². The minimum absolute atomic E-state index is 0.0508. The Morgan fingerprint density at radius 3 is 1.58 bits per heavy atom. The Morgan fingerprint density at radius 1 is 0.737 bits per heavy atom. The van der Waals surface area contributed by atoms with Crippen molar-refractivity contribution in [2.45, 2.75) is 69.3 Å². The van der Waals surface area contributed by atoms with Crippen LogP contribution in [0.4, 0.5) is 0 Å². The van der Waals surface area contributed by atoms with Crippen molar-refractivity contribution in [3.63, 3.8) is 0 Å². The summed E-state index contributed by atoms with van der Waals surface area (Å²) < 4.78 is 0. The number of guanidine groups is 2. The van der Waals surface area contributed by atoms with Gasteiger partial charge >= 0.3 is 11.9 Å². The van der Waals surface area contributed by atoms with Crippen LogP contribution in [0.5, 0.6) is 0 Å². The number of carbonyl (C=O) groups is 5. The fraction of sp³-hybridized carbons (Fsp3) is 0.650. The molecule has 0 aromatic carbocycles. The number of aliphatic imine (C=N–C) groups is 2. The van der Waals surface area contributed by atoms with Crippen molar-refractivity contribution in [3.8, 4) is 0 Å². The summed E-state index contributed by atoms with van der Waals surface area (Å²) in [7, 11) is 0. The van der Waals surface area contributed by atoms with Gasteiger partial charge in [-0.15, -0.1) is 0 Å². The van der Waals surface area contributed by atoms with E-state index in [4.69, 9.17) is 28.7 Å². The van der Waals surface area contributed by atoms with Crippen LogP contribution in [0.25, 0.3) is 0 Å². The van der Waals surface area contributed by atoms with E-state index < -0.39 is 66.4 Å². The van der Waals surface area contributed by atoms with Gasteiger partial charge in [-0.05, 0) is 32.6 Å². The molecule has 3 amide bonds. The first kappa shape index (κ1) is 33.8. The lowest BCUT2D eigenvalue weighted by molar-refractivity contribution is -0.143. The Kier molecular flexibility index (Phi) is 15.4. The molecule has 18 nitrogen and oxygen atoms in total. The van der Waals surface area contributed by atoms with Gasteiger partial charge in [-0.2, -0.15) is 0 Å². The van der Waals surface area contributed by atoms with Crippen molar-refractivity contribution in [3.05, 3.63) is 0 Å². The minimum atomic E-state index is -1.69. The van der Waals surface area contributed by atoms with Crippen molar-refractivity contribution in [1.29, 1.82) is 0 Å². The molecular formula is C20H38N10O8. The van der Waals surface area contributed by atoms with Crippen LogP contribution in [0.15, 0.2) is 9.98 Å². The molecule has 16 N–H and O–H groups in total. The smallest absolute Gasteiger partial charge is 0.326 e. The predicted molar refractivity (Wildman–Crippen MR) is 135 cm³/mol. The number of rotatable bonds is 18. The average molecular weight is 547 g/mol. The zero-order valence-electron chi connectivity index (χ0n) is 21.0. The second-order valence-corrected chi connectivity index (χ2v) is 8.28. The molecule has 0 aromatic rings. The summed E-state index contributed by atoms with van der Waals surface area (Å²) in [6.07, 6.45) is -1.91. The van der Waals surface area contributed by atoms with Crippen LogP contribution in [0.3, 0.4) is 0 Å². The quantitative estimate of drug-likeness (QED) is 0.0435. The molecule has 216 valence electrons. The zero-order valence-corrected chi connectivity index (χ0v) is 21.0. The van der Waals surface area contributed by atoms with E-state index in [2.05, 4.69) is 25.9 Å². The number of carboxylic acids is 2. The molecule has 38 heavy (non-hydrogen) atoms. The third-order valence-electron chi connectivity index (χ3n) is 4.97. The first-order valence-corrected chi connectivity index (χ1v) is 11.6. The number of nitrogens with one attached hydrogen (secondary N) is 3. The number of nitrogens with two attached hydrogens (primary N) is 5. The number of nitrogens with zero attached hydrogens (tertiary/aromatic N) is 2. The van der Waals surface area contributed by atoms with Gasteiger partial charge in [0.05, 0.1) is 12.5 Å². The average Bonchev–Trinajstić information content (AvgIpc) is 2.80. The van der Waals surface area contributed by atoms with Crippen LogP contribution < -0.4 is 44.6 Å². The fourth-order valence-electron chi connectivity index (χ4n) is 2.95. The van der Waals surface area contributed by atoms with E-state index in [1.807, 2.05) is 0 Å². The first-order chi connectivity index (χ1) is 17.6. The van der Waals surface area contributed by atoms with Gasteiger partial charge < -0.3 is 59.9 Å². The number of amides is 3. The van der Waals surface area contributed by atoms with Gasteiger partial charge in [0.2, 0.25) is 17.7 Å². The van der Waals surface area contributed by atoms with Crippen LogP contribution in [0.1, 0.15) is 39.0 Å². The Hall–Kier alpha value is -4.19. The van der Waals surface area contributed by atoms with E-state index in [0.29, 0.717) is 0 Å². The highest BCUT2D eigenvalue weighted by Crippen LogP contribution is 2.05. The molecule has 0 radical (unpaired) electrons. The third kappa shape index (κ3) is 14.4. The van der Waals surface area contributed by atoms with Crippen LogP contribution in [-0.4, -0.2) is 100 Å². The monoisotopic (exact) mass is 546 g/mol. The first-order valence-electron chi connectivity index (χ1n) is 11.6. The highest BCUT2D eigenvalue weighted by molar-refractivity contribution is 5.95. The van der Waals surface area contributed by atoms with E-state index in [1.165, 1.54) is 6.92 Å². The maximum absolute atomic E-state index is 12.9. The van der Waals surface area contributed by atoms with Crippen LogP contribution in [0, 0.1) is 0 Å². The molecule has 0 saturated carbocycles. The molecule has 5 atom stereocenters. The van der Waals surface area contributed by atoms with Crippen LogP contribution in [-0.2, 0) is 24.0 Å². The third-order valence-corrected chi connectivity index (χ3v) is 4.97. The van der Waals surface area contributed by atoms with Gasteiger partial charge in [-0.1, -0.05) is 0 Å². The molecule has 5 unspecified atom stereocenters. The van der Waals surface area contributed by atoms with Crippen molar-refractivity contribution in [2.24, 2.45) is 38.7 Å². The van der Waals surface area contributed by atoms with E-state index in [0.717, 1.165) is 0 Å². The Morgan fingerprint density at radius 2 is 1.16 bits per heavy atom. The molecule has 0 fully saturated rings. The minimum Gasteiger partial charge on any atom is -0.481 e. The maximum Gasteiger partial charge on any atom is 0.326 e. The molecule has 0 aromatic heterocycles. The van der Waals surface area contributed by atoms with Gasteiger partial charge in [0, 0.05) is 13.1 Å². The van der Waals surface area contributed by atoms with Gasteiger partial charge in [0.25, 0.3) is 0 Å². The molecule has 18 heteroatoms. The summed E-state index contributed by atoms with van der Waals surface area (Å²) in [4.78, 5) is 68.4. The SMILES string of the molecule is CC(O)C(N)C(=O)NC(CCCN=C(N)N)C(=O)NC(CC(=O)O)C(=O)NC(CCCN=C(N)N)C(=O)O. The van der Waals surface area contributed by atoms with Crippen molar-refractivity contribution in [2.75, 3.05) is 13.1 Å². The van der Waals surface area contributed by atoms with E-state index in [-0.39, 0.29) is 50.7 Å². The van der Waals surface area contributed by atoms with E-state index >= 15 is 0 Å². The number of aliphatic hydroxyl groups is 1. The molecule has 0 aliphatic heterocycles. The van der Waals surface area contributed by atoms with Crippen molar-refractivity contribution >= 4 is 41.6 Å². The summed E-state index contributed by atoms with van der Waals surface area (Å²) in [6, 6.07) is -5.82. The van der Waals surface area contributed by atoms with Crippen molar-refractivity contribution in [1.82, 2.24) is 16.0 Å². The Bertz CT molecular complexity index is 887. The van der Waals surface area contributed by atoms with Crippen molar-refractivity contribution < 1.29 is 39.3 Å². The lowest BCUT2D eigenvalue weighted by atomic mass is 10.1. The maximum atomic E-state index is 12.9. The molecule has 0 rings (SSSR count). The second kappa shape index (κ2) is 17.3. The number of hydrogen-bond donors (Lipinski definition) is 11. The molecular weight excluding hydrogens is 508 g/mol. The highest BCUT2D eigenvalue weighted by Gasteiger charge is 2.32. The molecule has 0 bridgehead atoms. The molecule has 0 heterocycles. The summed E-state index contributed by atoms with van der Waals surface area (Å²) in [6.45, 7) is 1.44. The van der Waals surface area contributed by atoms with Crippen LogP contribution >= 0.6 is 0 Å². The van der Waals surface area contributed by atoms with Gasteiger partial charge in [0.15, 0.2) is 11.9 Å². The number of carboxylic acid groups (broad SMARTS) is 2. The topological polar surface area (TPSA) is 337 Å². The fourth-order valence-corrected chi connectivity index (χ4v) is 2.95. The molecule has 0 aliphatic rings. The summed E-state index contributed by atoms with van der Waals surface area (Å²) >= 11 is 0. The number of carbonyl (C=O) groups excluding carboxylic acids is 3. The Balaban J connectivity index is 5.60. The molecule has 0 spiro atoms. The number of aliphatic hydroxyl groups excluding tert-OH is 1. The standard InChI is InChI=1S/C20H38N10O8/c1-9(31)14(21)17(36)28-10(4-2-6-26-19(22)23)15(34)30-12(8-13(32)33)16(35)29-11(18(37)38)5-3-7-27-20(24)25/h9-12,14,31H,2-8,21H2,1H3,(H,28,36)(H,29,35)(H,30,34)(H,32,33)(H,37,38)(H4,22,23,26)(H4,24,25,27). The van der Waals surface area contributed by atoms with E-state index in [1.54, 1.807) is 0 Å². The molecule has 0 aliphatic carbocycles. The zero-order chi connectivity index (χ0) is 29.4. The van der Waals surface area contributed by atoms with Crippen LogP contribution in [0.2, 0.25) is 0 Å². The number of hydrogen-bond acceptors (Lipinski definition) is 9. The largest absolute Gasteiger partial charge is 0.481 e. The lowest BCUT2D eigenvalue weighted by Crippen LogP contribution is -2.58. The normalized spacial score (nSPS) is 14.5. The molecule has 0 saturated heterocycles. The summed E-state index contributed by atoms with van der Waals surface area (Å²) in [5, 5.41) is 34.9. The number of aliphatic carboxylic acids is 2. The summed E-state index contributed by atoms with van der Waals surface area (Å²) in [5.74, 6) is -6.18. The highest BCUT2D eigenvalue weighted by atomic mass is 16.4.